The lowest BCUT2D eigenvalue weighted by molar-refractivity contribution is 0.484. The topological polar surface area (TPSA) is 9.23 Å². The maximum absolute atomic E-state index is 6.04. The van der Waals surface area contributed by atoms with Gasteiger partial charge in [-0.05, 0) is 18.2 Å². The fourth-order valence-corrected chi connectivity index (χ4v) is 3.13. The summed E-state index contributed by atoms with van der Waals surface area (Å²) >= 11 is 41.8. The van der Waals surface area contributed by atoms with Crippen molar-refractivity contribution in [2.45, 2.75) is 0 Å². The minimum Gasteiger partial charge on any atom is -0.451 e. The van der Waals surface area contributed by atoms with Crippen LogP contribution in [0.15, 0.2) is 18.2 Å². The van der Waals surface area contributed by atoms with E-state index < -0.39 is 0 Å². The molecule has 106 valence electrons. The highest BCUT2D eigenvalue weighted by Crippen LogP contribution is 2.47. The SMILES string of the molecule is Clc1cc(Cl)c(Oc2c(Cl)c(Cl)cc(Cl)c2Cl)c(Cl)c1. The van der Waals surface area contributed by atoms with Crippen LogP contribution in [0.1, 0.15) is 0 Å². The third-order valence-corrected chi connectivity index (χ3v) is 4.56. The van der Waals surface area contributed by atoms with Gasteiger partial charge in [-0.15, -0.1) is 0 Å². The highest BCUT2D eigenvalue weighted by Gasteiger charge is 2.19. The van der Waals surface area contributed by atoms with Crippen LogP contribution in [-0.4, -0.2) is 0 Å². The Hall–Kier alpha value is 0.270. The summed E-state index contributed by atoms with van der Waals surface area (Å²) in [5.74, 6) is 0.219. The Morgan fingerprint density at radius 1 is 0.550 bits per heavy atom. The van der Waals surface area contributed by atoms with Gasteiger partial charge >= 0.3 is 0 Å². The molecule has 0 spiro atoms. The molecule has 0 aromatic heterocycles. The van der Waals surface area contributed by atoms with Crippen LogP contribution in [-0.2, 0) is 0 Å². The molecule has 0 bridgehead atoms. The Balaban J connectivity index is 2.56. The quantitative estimate of drug-likeness (QED) is 0.454. The highest BCUT2D eigenvalue weighted by atomic mass is 35.5. The number of benzene rings is 2. The lowest BCUT2D eigenvalue weighted by atomic mass is 10.3. The molecular weight excluding hydrogens is 408 g/mol. The smallest absolute Gasteiger partial charge is 0.167 e. The third kappa shape index (κ3) is 3.36. The molecule has 2 aromatic rings. The minimum absolute atomic E-state index is 0.0666. The number of hydrogen-bond donors (Lipinski definition) is 0. The van der Waals surface area contributed by atoms with Gasteiger partial charge < -0.3 is 4.74 Å². The first-order valence-electron chi connectivity index (χ1n) is 4.96. The first kappa shape index (κ1) is 16.6. The van der Waals surface area contributed by atoms with Crippen molar-refractivity contribution in [1.82, 2.24) is 0 Å². The van der Waals surface area contributed by atoms with Crippen LogP contribution in [0.2, 0.25) is 35.2 Å². The molecule has 0 heterocycles. The molecule has 8 heteroatoms. The highest BCUT2D eigenvalue weighted by molar-refractivity contribution is 6.49. The van der Waals surface area contributed by atoms with Gasteiger partial charge in [0.05, 0.1) is 20.1 Å². The molecule has 0 atom stereocenters. The van der Waals surface area contributed by atoms with E-state index in [2.05, 4.69) is 0 Å². The summed E-state index contributed by atoms with van der Waals surface area (Å²) in [6.45, 7) is 0. The number of rotatable bonds is 2. The second-order valence-electron chi connectivity index (χ2n) is 3.60. The van der Waals surface area contributed by atoms with Crippen LogP contribution >= 0.6 is 81.2 Å². The summed E-state index contributed by atoms with van der Waals surface area (Å²) in [6.07, 6.45) is 0. The molecule has 20 heavy (non-hydrogen) atoms. The van der Waals surface area contributed by atoms with Crippen molar-refractivity contribution in [3.05, 3.63) is 53.4 Å². The molecule has 0 saturated heterocycles. The average molecular weight is 411 g/mol. The van der Waals surface area contributed by atoms with Gasteiger partial charge in [-0.25, -0.2) is 0 Å². The zero-order valence-electron chi connectivity index (χ0n) is 9.29. The van der Waals surface area contributed by atoms with E-state index in [1.165, 1.54) is 18.2 Å². The Bertz CT molecular complexity index is 635. The van der Waals surface area contributed by atoms with Crippen molar-refractivity contribution >= 4 is 81.2 Å². The molecule has 0 unspecified atom stereocenters. The minimum atomic E-state index is 0.0666. The van der Waals surface area contributed by atoms with Crippen molar-refractivity contribution in [3.8, 4) is 11.5 Å². The largest absolute Gasteiger partial charge is 0.451 e. The molecule has 0 aliphatic heterocycles. The fraction of sp³-hybridized carbons (Fsp3) is 0. The van der Waals surface area contributed by atoms with E-state index in [0.717, 1.165) is 0 Å². The Morgan fingerprint density at radius 3 is 1.45 bits per heavy atom. The van der Waals surface area contributed by atoms with Gasteiger partial charge in [0.15, 0.2) is 11.5 Å². The average Bonchev–Trinajstić information content (AvgIpc) is 2.34. The first-order chi connectivity index (χ1) is 9.31. The van der Waals surface area contributed by atoms with E-state index in [1.54, 1.807) is 0 Å². The molecule has 2 aromatic carbocycles. The summed E-state index contributed by atoms with van der Waals surface area (Å²) in [4.78, 5) is 0. The van der Waals surface area contributed by atoms with E-state index >= 15 is 0 Å². The predicted octanol–water partition coefficient (Wildman–Crippen LogP) is 8.05. The van der Waals surface area contributed by atoms with Gasteiger partial charge in [0.2, 0.25) is 0 Å². The molecule has 0 saturated carbocycles. The molecule has 0 radical (unpaired) electrons. The summed E-state index contributed by atoms with van der Waals surface area (Å²) in [5, 5.41) is 1.35. The zero-order valence-corrected chi connectivity index (χ0v) is 14.6. The van der Waals surface area contributed by atoms with Crippen LogP contribution in [0.25, 0.3) is 0 Å². The molecule has 0 aliphatic carbocycles. The second kappa shape index (κ2) is 6.58. The summed E-state index contributed by atoms with van der Waals surface area (Å²) < 4.78 is 5.56. The van der Waals surface area contributed by atoms with E-state index in [-0.39, 0.29) is 41.6 Å². The number of hydrogen-bond acceptors (Lipinski definition) is 1. The molecule has 0 N–H and O–H groups in total. The van der Waals surface area contributed by atoms with Crippen molar-refractivity contribution in [2.75, 3.05) is 0 Å². The van der Waals surface area contributed by atoms with Crippen LogP contribution in [0.5, 0.6) is 11.5 Å². The predicted molar refractivity (Wildman–Crippen MR) is 88.0 cm³/mol. The van der Waals surface area contributed by atoms with E-state index in [4.69, 9.17) is 85.9 Å². The summed E-state index contributed by atoms with van der Waals surface area (Å²) in [5.41, 5.74) is 0. The lowest BCUT2D eigenvalue weighted by Crippen LogP contribution is -1.90. The van der Waals surface area contributed by atoms with E-state index in [9.17, 15) is 0 Å². The molecular formula is C12H3Cl7O. The molecule has 0 aliphatic rings. The Kier molecular flexibility index (Phi) is 5.47. The zero-order chi connectivity index (χ0) is 15.0. The van der Waals surface area contributed by atoms with Crippen LogP contribution in [0.4, 0.5) is 0 Å². The maximum atomic E-state index is 6.04. The van der Waals surface area contributed by atoms with Gasteiger partial charge in [0.1, 0.15) is 10.0 Å². The second-order valence-corrected chi connectivity index (χ2v) is 6.42. The van der Waals surface area contributed by atoms with Crippen molar-refractivity contribution in [2.24, 2.45) is 0 Å². The fourth-order valence-electron chi connectivity index (χ4n) is 1.37. The normalized spacial score (nSPS) is 10.8. The lowest BCUT2D eigenvalue weighted by Gasteiger charge is -2.14. The molecule has 0 amide bonds. The third-order valence-electron chi connectivity index (χ3n) is 2.24. The first-order valence-corrected chi connectivity index (χ1v) is 7.61. The maximum Gasteiger partial charge on any atom is 0.167 e. The van der Waals surface area contributed by atoms with Gasteiger partial charge in [0, 0.05) is 5.02 Å². The number of halogens is 7. The molecule has 2 rings (SSSR count). The Labute approximate surface area is 150 Å². The summed E-state index contributed by atoms with van der Waals surface area (Å²) in [7, 11) is 0. The Morgan fingerprint density at radius 2 is 1.00 bits per heavy atom. The van der Waals surface area contributed by atoms with E-state index in [1.807, 2.05) is 0 Å². The van der Waals surface area contributed by atoms with Gasteiger partial charge in [-0.2, -0.15) is 0 Å². The van der Waals surface area contributed by atoms with Crippen LogP contribution < -0.4 is 4.74 Å². The van der Waals surface area contributed by atoms with Crippen molar-refractivity contribution in [3.63, 3.8) is 0 Å². The standard InChI is InChI=1S/C12H3Cl7O/c13-4-1-7(16)11(8(17)2-4)20-12-9(18)5(14)3-6(15)10(12)19/h1-3H. The van der Waals surface area contributed by atoms with Crippen LogP contribution in [0, 0.1) is 0 Å². The van der Waals surface area contributed by atoms with Gasteiger partial charge in [-0.1, -0.05) is 81.2 Å². The summed E-state index contributed by atoms with van der Waals surface area (Å²) in [6, 6.07) is 4.35. The molecule has 0 fully saturated rings. The molecule has 1 nitrogen and oxygen atoms in total. The monoisotopic (exact) mass is 408 g/mol. The van der Waals surface area contributed by atoms with Crippen molar-refractivity contribution < 1.29 is 4.74 Å². The van der Waals surface area contributed by atoms with Gasteiger partial charge in [0.25, 0.3) is 0 Å². The number of ether oxygens (including phenoxy) is 1. The van der Waals surface area contributed by atoms with Gasteiger partial charge in [-0.3, -0.25) is 0 Å². The van der Waals surface area contributed by atoms with E-state index in [0.29, 0.717) is 5.02 Å². The van der Waals surface area contributed by atoms with Crippen molar-refractivity contribution in [1.29, 1.82) is 0 Å². The van der Waals surface area contributed by atoms with Crippen LogP contribution in [0.3, 0.4) is 0 Å².